The maximum absolute atomic E-state index is 12.5. The van der Waals surface area contributed by atoms with Crippen LogP contribution in [0.2, 0.25) is 0 Å². The first-order chi connectivity index (χ1) is 10.1. The quantitative estimate of drug-likeness (QED) is 0.835. The second kappa shape index (κ2) is 5.88. The van der Waals surface area contributed by atoms with Gasteiger partial charge in [0, 0.05) is 37.7 Å². The van der Waals surface area contributed by atoms with E-state index in [1.165, 1.54) is 6.42 Å². The summed E-state index contributed by atoms with van der Waals surface area (Å²) in [5.74, 6) is 0.627. The topological polar surface area (TPSA) is 40.6 Å². The molecule has 2 amide bonds. The predicted molar refractivity (Wildman–Crippen MR) is 81.0 cm³/mol. The Balaban J connectivity index is 1.57. The van der Waals surface area contributed by atoms with Crippen molar-refractivity contribution in [2.45, 2.75) is 26.2 Å². The molecule has 0 radical (unpaired) electrons. The Labute approximate surface area is 125 Å². The van der Waals surface area contributed by atoms with Gasteiger partial charge in [-0.3, -0.25) is 9.59 Å². The smallest absolute Gasteiger partial charge is 0.253 e. The van der Waals surface area contributed by atoms with Crippen molar-refractivity contribution < 1.29 is 9.59 Å². The van der Waals surface area contributed by atoms with Crippen LogP contribution < -0.4 is 0 Å². The lowest BCUT2D eigenvalue weighted by Crippen LogP contribution is -2.52. The molecule has 0 unspecified atom stereocenters. The van der Waals surface area contributed by atoms with Gasteiger partial charge in [0.2, 0.25) is 5.91 Å². The lowest BCUT2D eigenvalue weighted by Gasteiger charge is -2.38. The van der Waals surface area contributed by atoms with Gasteiger partial charge in [-0.2, -0.15) is 0 Å². The summed E-state index contributed by atoms with van der Waals surface area (Å²) in [4.78, 5) is 28.4. The van der Waals surface area contributed by atoms with Crippen molar-refractivity contribution in [2.24, 2.45) is 5.92 Å². The summed E-state index contributed by atoms with van der Waals surface area (Å²) in [5, 5.41) is 0. The van der Waals surface area contributed by atoms with Crippen molar-refractivity contribution in [3.63, 3.8) is 0 Å². The minimum atomic E-state index is 0.0782. The zero-order valence-corrected chi connectivity index (χ0v) is 12.5. The summed E-state index contributed by atoms with van der Waals surface area (Å²) in [6, 6.07) is 7.69. The fourth-order valence-corrected chi connectivity index (χ4v) is 3.00. The zero-order valence-electron chi connectivity index (χ0n) is 12.5. The molecule has 1 aromatic rings. The Morgan fingerprint density at radius 2 is 1.71 bits per heavy atom. The maximum Gasteiger partial charge on any atom is 0.253 e. The summed E-state index contributed by atoms with van der Waals surface area (Å²) in [5.41, 5.74) is 1.84. The van der Waals surface area contributed by atoms with E-state index in [1.54, 1.807) is 0 Å². The van der Waals surface area contributed by atoms with E-state index in [9.17, 15) is 9.59 Å². The van der Waals surface area contributed by atoms with Crippen LogP contribution in [0, 0.1) is 12.8 Å². The summed E-state index contributed by atoms with van der Waals surface area (Å²) < 4.78 is 0. The molecule has 0 aromatic heterocycles. The van der Waals surface area contributed by atoms with E-state index in [-0.39, 0.29) is 11.8 Å². The van der Waals surface area contributed by atoms with Crippen molar-refractivity contribution in [3.8, 4) is 0 Å². The van der Waals surface area contributed by atoms with Gasteiger partial charge in [0.15, 0.2) is 0 Å². The van der Waals surface area contributed by atoms with Crippen molar-refractivity contribution in [1.82, 2.24) is 9.80 Å². The Hall–Kier alpha value is -1.84. The van der Waals surface area contributed by atoms with Crippen LogP contribution in [0.4, 0.5) is 0 Å². The van der Waals surface area contributed by atoms with E-state index in [0.29, 0.717) is 32.1 Å². The molecule has 4 nitrogen and oxygen atoms in total. The van der Waals surface area contributed by atoms with Crippen LogP contribution in [0.25, 0.3) is 0 Å². The number of benzene rings is 1. The van der Waals surface area contributed by atoms with Gasteiger partial charge in [-0.25, -0.2) is 0 Å². The number of nitrogens with zero attached hydrogens (tertiary/aromatic N) is 2. The van der Waals surface area contributed by atoms with Crippen molar-refractivity contribution in [3.05, 3.63) is 35.4 Å². The number of piperazine rings is 1. The molecule has 112 valence electrons. The molecule has 0 bridgehead atoms. The number of carbonyl (C=O) groups is 2. The highest BCUT2D eigenvalue weighted by Gasteiger charge is 2.32. The van der Waals surface area contributed by atoms with E-state index in [0.717, 1.165) is 24.0 Å². The molecule has 0 N–H and O–H groups in total. The third kappa shape index (κ3) is 2.94. The summed E-state index contributed by atoms with van der Waals surface area (Å²) in [6.07, 6.45) is 3.27. The predicted octanol–water partition coefficient (Wildman–Crippen LogP) is 2.08. The average Bonchev–Trinajstić information content (AvgIpc) is 2.45. The molecule has 1 heterocycles. The van der Waals surface area contributed by atoms with Crippen molar-refractivity contribution >= 4 is 11.8 Å². The van der Waals surface area contributed by atoms with Crippen LogP contribution in [0.3, 0.4) is 0 Å². The molecular formula is C17H22N2O2. The number of amides is 2. The number of aryl methyl sites for hydroxylation is 1. The highest BCUT2D eigenvalue weighted by Crippen LogP contribution is 2.28. The molecule has 3 rings (SSSR count). The largest absolute Gasteiger partial charge is 0.339 e. The highest BCUT2D eigenvalue weighted by molar-refractivity contribution is 5.94. The zero-order chi connectivity index (χ0) is 14.8. The second-order valence-electron chi connectivity index (χ2n) is 6.11. The molecule has 1 aliphatic heterocycles. The van der Waals surface area contributed by atoms with Crippen LogP contribution in [-0.2, 0) is 4.79 Å². The number of hydrogen-bond donors (Lipinski definition) is 0. The van der Waals surface area contributed by atoms with Crippen LogP contribution in [0.1, 0.15) is 35.2 Å². The van der Waals surface area contributed by atoms with Gasteiger partial charge in [-0.15, -0.1) is 0 Å². The monoisotopic (exact) mass is 286 g/mol. The van der Waals surface area contributed by atoms with Gasteiger partial charge < -0.3 is 9.80 Å². The van der Waals surface area contributed by atoms with Crippen LogP contribution in [0.5, 0.6) is 0 Å². The third-order valence-electron chi connectivity index (χ3n) is 4.60. The molecule has 2 fully saturated rings. The van der Waals surface area contributed by atoms with Gasteiger partial charge >= 0.3 is 0 Å². The first-order valence-electron chi connectivity index (χ1n) is 7.80. The second-order valence-corrected chi connectivity index (χ2v) is 6.11. The minimum Gasteiger partial charge on any atom is -0.339 e. The number of hydrogen-bond acceptors (Lipinski definition) is 2. The lowest BCUT2D eigenvalue weighted by atomic mass is 9.84. The average molecular weight is 286 g/mol. The third-order valence-corrected chi connectivity index (χ3v) is 4.60. The Morgan fingerprint density at radius 3 is 2.29 bits per heavy atom. The highest BCUT2D eigenvalue weighted by atomic mass is 16.2. The fourth-order valence-electron chi connectivity index (χ4n) is 3.00. The summed E-state index contributed by atoms with van der Waals surface area (Å²) in [7, 11) is 0. The molecule has 1 saturated carbocycles. The van der Waals surface area contributed by atoms with E-state index < -0.39 is 0 Å². The van der Waals surface area contributed by atoms with Crippen LogP contribution in [-0.4, -0.2) is 47.8 Å². The molecular weight excluding hydrogens is 264 g/mol. The molecule has 0 spiro atoms. The Kier molecular flexibility index (Phi) is 3.95. The molecule has 1 aliphatic carbocycles. The van der Waals surface area contributed by atoms with Crippen molar-refractivity contribution in [2.75, 3.05) is 26.2 Å². The SMILES string of the molecule is Cc1cccc(C(=O)N2CCN(C(=O)C3CCC3)CC2)c1. The summed E-state index contributed by atoms with van der Waals surface area (Å²) >= 11 is 0. The van der Waals surface area contributed by atoms with E-state index in [2.05, 4.69) is 0 Å². The van der Waals surface area contributed by atoms with E-state index in [4.69, 9.17) is 0 Å². The van der Waals surface area contributed by atoms with Crippen LogP contribution in [0.15, 0.2) is 24.3 Å². The van der Waals surface area contributed by atoms with Crippen LogP contribution >= 0.6 is 0 Å². The van der Waals surface area contributed by atoms with E-state index >= 15 is 0 Å². The normalized spacial score (nSPS) is 19.3. The first-order valence-corrected chi connectivity index (χ1v) is 7.80. The van der Waals surface area contributed by atoms with Gasteiger partial charge in [-0.1, -0.05) is 24.1 Å². The molecule has 1 aromatic carbocycles. The van der Waals surface area contributed by atoms with Crippen molar-refractivity contribution in [1.29, 1.82) is 0 Å². The van der Waals surface area contributed by atoms with Gasteiger partial charge in [0.25, 0.3) is 5.91 Å². The van der Waals surface area contributed by atoms with Gasteiger partial charge in [-0.05, 0) is 31.9 Å². The first kappa shape index (κ1) is 14.1. The minimum absolute atomic E-state index is 0.0782. The van der Waals surface area contributed by atoms with E-state index in [1.807, 2.05) is 41.0 Å². The lowest BCUT2D eigenvalue weighted by molar-refractivity contribution is -0.139. The maximum atomic E-state index is 12.5. The molecule has 2 aliphatic rings. The van der Waals surface area contributed by atoms with Gasteiger partial charge in [0.05, 0.1) is 0 Å². The molecule has 21 heavy (non-hydrogen) atoms. The summed E-state index contributed by atoms with van der Waals surface area (Å²) in [6.45, 7) is 4.63. The number of rotatable bonds is 2. The molecule has 4 heteroatoms. The Morgan fingerprint density at radius 1 is 1.05 bits per heavy atom. The number of carbonyl (C=O) groups excluding carboxylic acids is 2. The van der Waals surface area contributed by atoms with Gasteiger partial charge in [0.1, 0.15) is 0 Å². The Bertz CT molecular complexity index is 543. The molecule has 1 saturated heterocycles. The standard InChI is InChI=1S/C17H22N2O2/c1-13-4-2-7-15(12-13)17(21)19-10-8-18(9-11-19)16(20)14-5-3-6-14/h2,4,7,12,14H,3,5-6,8-11H2,1H3. The molecule has 0 atom stereocenters. The fraction of sp³-hybridized carbons (Fsp3) is 0.529.